The maximum absolute atomic E-state index is 11.4. The van der Waals surface area contributed by atoms with Crippen LogP contribution in [0.5, 0.6) is 5.75 Å². The second-order valence-corrected chi connectivity index (χ2v) is 7.39. The van der Waals surface area contributed by atoms with Crippen molar-refractivity contribution >= 4 is 9.84 Å². The number of hydrogen-bond donors (Lipinski definition) is 1. The molecule has 1 fully saturated rings. The van der Waals surface area contributed by atoms with E-state index in [4.69, 9.17) is 4.74 Å². The van der Waals surface area contributed by atoms with Crippen LogP contribution in [0.25, 0.3) is 0 Å². The molecule has 1 heterocycles. The first-order valence-corrected chi connectivity index (χ1v) is 8.43. The van der Waals surface area contributed by atoms with Crippen LogP contribution < -0.4 is 10.1 Å². The fourth-order valence-corrected chi connectivity index (χ4v) is 3.89. The standard InChI is InChI=1S/C14H21NO3S/c1-11(12-3-5-14(18-2)6-4-12)15-13-7-9-19(16,17)10-8-13/h3-6,11,13,15H,7-10H2,1-2H3. The van der Waals surface area contributed by atoms with E-state index in [2.05, 4.69) is 12.2 Å². The van der Waals surface area contributed by atoms with E-state index in [1.54, 1.807) is 7.11 Å². The minimum Gasteiger partial charge on any atom is -0.497 e. The number of methoxy groups -OCH3 is 1. The lowest BCUT2D eigenvalue weighted by Crippen LogP contribution is -2.38. The second kappa shape index (κ2) is 5.92. The molecule has 2 rings (SSSR count). The first-order chi connectivity index (χ1) is 9.00. The van der Waals surface area contributed by atoms with Gasteiger partial charge in [0.15, 0.2) is 0 Å². The van der Waals surface area contributed by atoms with E-state index in [-0.39, 0.29) is 6.04 Å². The van der Waals surface area contributed by atoms with Crippen molar-refractivity contribution in [2.75, 3.05) is 18.6 Å². The Labute approximate surface area is 115 Å². The van der Waals surface area contributed by atoms with Gasteiger partial charge in [0.05, 0.1) is 18.6 Å². The molecule has 1 unspecified atom stereocenters. The zero-order valence-electron chi connectivity index (χ0n) is 11.4. The quantitative estimate of drug-likeness (QED) is 0.917. The summed E-state index contributed by atoms with van der Waals surface area (Å²) in [6.45, 7) is 2.10. The van der Waals surface area contributed by atoms with E-state index >= 15 is 0 Å². The number of sulfone groups is 1. The molecule has 0 spiro atoms. The fraction of sp³-hybridized carbons (Fsp3) is 0.571. The topological polar surface area (TPSA) is 55.4 Å². The van der Waals surface area contributed by atoms with Crippen LogP contribution in [0.3, 0.4) is 0 Å². The van der Waals surface area contributed by atoms with E-state index < -0.39 is 9.84 Å². The summed E-state index contributed by atoms with van der Waals surface area (Å²) in [7, 11) is -1.13. The molecule has 1 aromatic rings. The first kappa shape index (κ1) is 14.3. The number of ether oxygens (including phenoxy) is 1. The van der Waals surface area contributed by atoms with Crippen LogP contribution in [-0.2, 0) is 9.84 Å². The van der Waals surface area contributed by atoms with E-state index in [0.29, 0.717) is 30.4 Å². The third kappa shape index (κ3) is 3.94. The van der Waals surface area contributed by atoms with Gasteiger partial charge in [-0.3, -0.25) is 0 Å². The van der Waals surface area contributed by atoms with Crippen molar-refractivity contribution in [1.82, 2.24) is 5.32 Å². The van der Waals surface area contributed by atoms with Crippen molar-refractivity contribution in [2.45, 2.75) is 31.8 Å². The van der Waals surface area contributed by atoms with Crippen molar-refractivity contribution in [3.63, 3.8) is 0 Å². The molecule has 106 valence electrons. The Balaban J connectivity index is 1.91. The van der Waals surface area contributed by atoms with Crippen molar-refractivity contribution < 1.29 is 13.2 Å². The molecule has 1 N–H and O–H groups in total. The van der Waals surface area contributed by atoms with Crippen LogP contribution in [0.4, 0.5) is 0 Å². The van der Waals surface area contributed by atoms with Gasteiger partial charge < -0.3 is 10.1 Å². The molecular formula is C14H21NO3S. The number of benzene rings is 1. The van der Waals surface area contributed by atoms with Crippen molar-refractivity contribution in [2.24, 2.45) is 0 Å². The maximum Gasteiger partial charge on any atom is 0.150 e. The van der Waals surface area contributed by atoms with Crippen molar-refractivity contribution in [3.8, 4) is 5.75 Å². The van der Waals surface area contributed by atoms with Crippen LogP contribution >= 0.6 is 0 Å². The van der Waals surface area contributed by atoms with Gasteiger partial charge in [-0.05, 0) is 37.5 Å². The largest absolute Gasteiger partial charge is 0.497 e. The van der Waals surface area contributed by atoms with Crippen LogP contribution in [0.2, 0.25) is 0 Å². The first-order valence-electron chi connectivity index (χ1n) is 6.60. The molecule has 0 bridgehead atoms. The van der Waals surface area contributed by atoms with Gasteiger partial charge in [0.25, 0.3) is 0 Å². The van der Waals surface area contributed by atoms with Gasteiger partial charge in [0.1, 0.15) is 15.6 Å². The Morgan fingerprint density at radius 3 is 2.32 bits per heavy atom. The summed E-state index contributed by atoms with van der Waals surface area (Å²) in [5.74, 6) is 1.46. The second-order valence-electron chi connectivity index (χ2n) is 5.09. The van der Waals surface area contributed by atoms with Gasteiger partial charge >= 0.3 is 0 Å². The fourth-order valence-electron chi connectivity index (χ4n) is 2.40. The predicted octanol–water partition coefficient (Wildman–Crippen LogP) is 1.92. The molecule has 0 saturated carbocycles. The highest BCUT2D eigenvalue weighted by Crippen LogP contribution is 2.20. The Morgan fingerprint density at radius 2 is 1.79 bits per heavy atom. The van der Waals surface area contributed by atoms with Gasteiger partial charge in [-0.1, -0.05) is 12.1 Å². The summed E-state index contributed by atoms with van der Waals surface area (Å²) in [6.07, 6.45) is 1.42. The maximum atomic E-state index is 11.4. The Morgan fingerprint density at radius 1 is 1.21 bits per heavy atom. The third-order valence-corrected chi connectivity index (χ3v) is 5.37. The summed E-state index contributed by atoms with van der Waals surface area (Å²) < 4.78 is 27.9. The highest BCUT2D eigenvalue weighted by Gasteiger charge is 2.24. The summed E-state index contributed by atoms with van der Waals surface area (Å²) >= 11 is 0. The van der Waals surface area contributed by atoms with E-state index in [9.17, 15) is 8.42 Å². The summed E-state index contributed by atoms with van der Waals surface area (Å²) in [4.78, 5) is 0. The lowest BCUT2D eigenvalue weighted by molar-refractivity contribution is 0.411. The van der Waals surface area contributed by atoms with E-state index in [1.807, 2.05) is 24.3 Å². The summed E-state index contributed by atoms with van der Waals surface area (Å²) in [6, 6.07) is 8.47. The normalized spacial score (nSPS) is 20.9. The lowest BCUT2D eigenvalue weighted by atomic mass is 10.1. The average Bonchev–Trinajstić information content (AvgIpc) is 2.41. The molecule has 5 heteroatoms. The van der Waals surface area contributed by atoms with Crippen LogP contribution in [-0.4, -0.2) is 33.1 Å². The monoisotopic (exact) mass is 283 g/mol. The minimum atomic E-state index is -2.78. The molecule has 1 atom stereocenters. The molecule has 1 aliphatic heterocycles. The zero-order valence-corrected chi connectivity index (χ0v) is 12.2. The number of rotatable bonds is 4. The Hall–Kier alpha value is -1.07. The third-order valence-electron chi connectivity index (χ3n) is 3.66. The van der Waals surface area contributed by atoms with Crippen LogP contribution in [0.15, 0.2) is 24.3 Å². The smallest absolute Gasteiger partial charge is 0.150 e. The van der Waals surface area contributed by atoms with Gasteiger partial charge in [-0.2, -0.15) is 0 Å². The van der Waals surface area contributed by atoms with Gasteiger partial charge in [0, 0.05) is 12.1 Å². The Kier molecular flexibility index (Phi) is 4.47. The molecule has 19 heavy (non-hydrogen) atoms. The predicted molar refractivity (Wildman–Crippen MR) is 76.2 cm³/mol. The number of hydrogen-bond acceptors (Lipinski definition) is 4. The lowest BCUT2D eigenvalue weighted by Gasteiger charge is -2.27. The van der Waals surface area contributed by atoms with E-state index in [0.717, 1.165) is 5.75 Å². The van der Waals surface area contributed by atoms with Crippen molar-refractivity contribution in [1.29, 1.82) is 0 Å². The minimum absolute atomic E-state index is 0.219. The highest BCUT2D eigenvalue weighted by molar-refractivity contribution is 7.91. The SMILES string of the molecule is COc1ccc(C(C)NC2CCS(=O)(=O)CC2)cc1. The van der Waals surface area contributed by atoms with Crippen LogP contribution in [0, 0.1) is 0 Å². The van der Waals surface area contributed by atoms with E-state index in [1.165, 1.54) is 5.56 Å². The zero-order chi connectivity index (χ0) is 13.9. The Bertz CT molecular complexity index is 496. The molecule has 0 aliphatic carbocycles. The number of nitrogens with one attached hydrogen (secondary N) is 1. The average molecular weight is 283 g/mol. The molecule has 1 aromatic carbocycles. The molecule has 0 radical (unpaired) electrons. The molecule has 0 aromatic heterocycles. The summed E-state index contributed by atoms with van der Waals surface area (Å²) in [5, 5.41) is 3.51. The van der Waals surface area contributed by atoms with Crippen LogP contribution in [0.1, 0.15) is 31.4 Å². The highest BCUT2D eigenvalue weighted by atomic mass is 32.2. The van der Waals surface area contributed by atoms with Gasteiger partial charge in [-0.25, -0.2) is 8.42 Å². The molecule has 1 aliphatic rings. The molecule has 4 nitrogen and oxygen atoms in total. The van der Waals surface area contributed by atoms with Gasteiger partial charge in [-0.15, -0.1) is 0 Å². The summed E-state index contributed by atoms with van der Waals surface area (Å²) in [5.41, 5.74) is 1.19. The molecular weight excluding hydrogens is 262 g/mol. The molecule has 1 saturated heterocycles. The molecule has 0 amide bonds. The van der Waals surface area contributed by atoms with Gasteiger partial charge in [0.2, 0.25) is 0 Å². The van der Waals surface area contributed by atoms with Crippen molar-refractivity contribution in [3.05, 3.63) is 29.8 Å².